The van der Waals surface area contributed by atoms with Crippen molar-refractivity contribution in [1.82, 2.24) is 9.88 Å². The standard InChI is InChI=1S/C22H32N2OS/c1-4-25-17-22(8-7-21-13-18(2)16-26-21)9-11-24(12-10-22)15-20-6-5-19(3)23-14-20/h5-6,13-14,16H,4,7-12,15,17H2,1-3H3. The van der Waals surface area contributed by atoms with E-state index in [-0.39, 0.29) is 0 Å². The maximum Gasteiger partial charge on any atom is 0.0523 e. The quantitative estimate of drug-likeness (QED) is 0.651. The van der Waals surface area contributed by atoms with E-state index in [1.54, 1.807) is 0 Å². The van der Waals surface area contributed by atoms with Gasteiger partial charge < -0.3 is 4.74 Å². The maximum absolute atomic E-state index is 5.91. The molecule has 3 rings (SSSR count). The molecule has 1 aliphatic rings. The van der Waals surface area contributed by atoms with E-state index in [9.17, 15) is 0 Å². The zero-order valence-corrected chi connectivity index (χ0v) is 17.3. The number of piperidine rings is 1. The minimum absolute atomic E-state index is 0.343. The van der Waals surface area contributed by atoms with Crippen LogP contribution in [0.3, 0.4) is 0 Å². The molecule has 0 unspecified atom stereocenters. The van der Waals surface area contributed by atoms with Crippen molar-refractivity contribution in [3.63, 3.8) is 0 Å². The van der Waals surface area contributed by atoms with E-state index in [0.29, 0.717) is 5.41 Å². The van der Waals surface area contributed by atoms with E-state index >= 15 is 0 Å². The molecule has 0 radical (unpaired) electrons. The first-order valence-electron chi connectivity index (χ1n) is 9.84. The summed E-state index contributed by atoms with van der Waals surface area (Å²) in [4.78, 5) is 8.53. The highest BCUT2D eigenvalue weighted by atomic mass is 32.1. The summed E-state index contributed by atoms with van der Waals surface area (Å²) in [5.41, 5.74) is 4.15. The summed E-state index contributed by atoms with van der Waals surface area (Å²) in [5.74, 6) is 0. The van der Waals surface area contributed by atoms with Crippen LogP contribution in [-0.2, 0) is 17.7 Å². The fourth-order valence-electron chi connectivity index (χ4n) is 3.83. The van der Waals surface area contributed by atoms with Crippen molar-refractivity contribution in [2.75, 3.05) is 26.3 Å². The molecule has 0 atom stereocenters. The molecule has 3 heterocycles. The van der Waals surface area contributed by atoms with Crippen molar-refractivity contribution >= 4 is 11.3 Å². The molecular formula is C22H32N2OS. The lowest BCUT2D eigenvalue weighted by Gasteiger charge is -2.42. The minimum atomic E-state index is 0.343. The van der Waals surface area contributed by atoms with Gasteiger partial charge in [0, 0.05) is 29.9 Å². The van der Waals surface area contributed by atoms with Crippen molar-refractivity contribution in [1.29, 1.82) is 0 Å². The largest absolute Gasteiger partial charge is 0.381 e. The van der Waals surface area contributed by atoms with E-state index in [1.807, 2.05) is 24.5 Å². The summed E-state index contributed by atoms with van der Waals surface area (Å²) in [7, 11) is 0. The topological polar surface area (TPSA) is 25.4 Å². The van der Waals surface area contributed by atoms with Gasteiger partial charge in [0.15, 0.2) is 0 Å². The number of pyridine rings is 1. The number of likely N-dealkylation sites (tertiary alicyclic amines) is 1. The van der Waals surface area contributed by atoms with Gasteiger partial charge in [0.25, 0.3) is 0 Å². The smallest absolute Gasteiger partial charge is 0.0523 e. The van der Waals surface area contributed by atoms with E-state index in [2.05, 4.69) is 47.3 Å². The second-order valence-electron chi connectivity index (χ2n) is 7.81. The Morgan fingerprint density at radius 3 is 2.65 bits per heavy atom. The van der Waals surface area contributed by atoms with E-state index < -0.39 is 0 Å². The summed E-state index contributed by atoms with van der Waals surface area (Å²) in [5, 5.41) is 2.27. The van der Waals surface area contributed by atoms with E-state index in [0.717, 1.165) is 38.5 Å². The van der Waals surface area contributed by atoms with Crippen molar-refractivity contribution in [3.05, 3.63) is 51.5 Å². The highest BCUT2D eigenvalue weighted by Crippen LogP contribution is 2.37. The molecule has 0 bridgehead atoms. The minimum Gasteiger partial charge on any atom is -0.381 e. The summed E-state index contributed by atoms with van der Waals surface area (Å²) < 4.78 is 5.91. The first-order valence-corrected chi connectivity index (χ1v) is 10.7. The molecule has 0 spiro atoms. The van der Waals surface area contributed by atoms with Crippen LogP contribution in [0, 0.1) is 19.3 Å². The second kappa shape index (κ2) is 9.12. The lowest BCUT2D eigenvalue weighted by Crippen LogP contribution is -2.42. The SMILES string of the molecule is CCOCC1(CCc2cc(C)cs2)CCN(Cc2ccc(C)nc2)CC1. The summed E-state index contributed by atoms with van der Waals surface area (Å²) in [6, 6.07) is 6.67. The zero-order chi connectivity index (χ0) is 18.4. The van der Waals surface area contributed by atoms with Gasteiger partial charge in [-0.1, -0.05) is 6.07 Å². The van der Waals surface area contributed by atoms with Crippen molar-refractivity contribution in [2.24, 2.45) is 5.41 Å². The van der Waals surface area contributed by atoms with Crippen molar-refractivity contribution in [2.45, 2.75) is 53.0 Å². The third-order valence-electron chi connectivity index (χ3n) is 5.59. The van der Waals surface area contributed by atoms with Crippen LogP contribution in [0.15, 0.2) is 29.8 Å². The number of hydrogen-bond donors (Lipinski definition) is 0. The Morgan fingerprint density at radius 1 is 1.23 bits per heavy atom. The predicted molar refractivity (Wildman–Crippen MR) is 110 cm³/mol. The van der Waals surface area contributed by atoms with Crippen LogP contribution in [0.4, 0.5) is 0 Å². The Balaban J connectivity index is 1.56. The van der Waals surface area contributed by atoms with Crippen LogP contribution in [0.25, 0.3) is 0 Å². The van der Waals surface area contributed by atoms with Gasteiger partial charge in [0.2, 0.25) is 0 Å². The molecule has 2 aromatic rings. The number of nitrogens with zero attached hydrogens (tertiary/aromatic N) is 2. The molecule has 2 aromatic heterocycles. The van der Waals surface area contributed by atoms with Gasteiger partial charge in [-0.2, -0.15) is 0 Å². The Hall–Kier alpha value is -1.23. The fourth-order valence-corrected chi connectivity index (χ4v) is 4.71. The Bertz CT molecular complexity index is 672. The third-order valence-corrected chi connectivity index (χ3v) is 6.71. The summed E-state index contributed by atoms with van der Waals surface area (Å²) >= 11 is 1.91. The van der Waals surface area contributed by atoms with Gasteiger partial charge >= 0.3 is 0 Å². The Kier molecular flexibility index (Phi) is 6.85. The van der Waals surface area contributed by atoms with Gasteiger partial charge in [-0.05, 0) is 93.6 Å². The first-order chi connectivity index (χ1) is 12.6. The van der Waals surface area contributed by atoms with Gasteiger partial charge in [0.05, 0.1) is 6.61 Å². The Labute approximate surface area is 162 Å². The van der Waals surface area contributed by atoms with Crippen LogP contribution < -0.4 is 0 Å². The molecule has 4 heteroatoms. The zero-order valence-electron chi connectivity index (χ0n) is 16.5. The molecule has 1 aliphatic heterocycles. The number of thiophene rings is 1. The fraction of sp³-hybridized carbons (Fsp3) is 0.591. The number of aromatic nitrogens is 1. The van der Waals surface area contributed by atoms with Crippen molar-refractivity contribution in [3.8, 4) is 0 Å². The second-order valence-corrected chi connectivity index (χ2v) is 8.81. The molecule has 0 aliphatic carbocycles. The molecule has 1 saturated heterocycles. The maximum atomic E-state index is 5.91. The average molecular weight is 373 g/mol. The average Bonchev–Trinajstić information content (AvgIpc) is 3.07. The molecule has 26 heavy (non-hydrogen) atoms. The number of rotatable bonds is 8. The van der Waals surface area contributed by atoms with E-state index in [4.69, 9.17) is 4.74 Å². The molecule has 0 saturated carbocycles. The number of ether oxygens (including phenoxy) is 1. The molecular weight excluding hydrogens is 340 g/mol. The molecule has 3 nitrogen and oxygen atoms in total. The highest BCUT2D eigenvalue weighted by Gasteiger charge is 2.34. The molecule has 142 valence electrons. The monoisotopic (exact) mass is 372 g/mol. The van der Waals surface area contributed by atoms with Crippen LogP contribution in [0.2, 0.25) is 0 Å². The normalized spacial score (nSPS) is 17.5. The highest BCUT2D eigenvalue weighted by molar-refractivity contribution is 7.10. The molecule has 0 N–H and O–H groups in total. The lowest BCUT2D eigenvalue weighted by molar-refractivity contribution is -0.00222. The first kappa shape index (κ1) is 19.5. The number of aryl methyl sites for hydroxylation is 3. The van der Waals surface area contributed by atoms with Gasteiger partial charge in [-0.15, -0.1) is 11.3 Å². The lowest BCUT2D eigenvalue weighted by atomic mass is 9.75. The predicted octanol–water partition coefficient (Wildman–Crippen LogP) is 5.01. The van der Waals surface area contributed by atoms with Crippen LogP contribution in [0.1, 0.15) is 47.9 Å². The van der Waals surface area contributed by atoms with Crippen molar-refractivity contribution < 1.29 is 4.74 Å². The van der Waals surface area contributed by atoms with E-state index in [1.165, 1.54) is 41.7 Å². The summed E-state index contributed by atoms with van der Waals surface area (Å²) in [6.07, 6.45) is 6.92. The van der Waals surface area contributed by atoms with Gasteiger partial charge in [0.1, 0.15) is 0 Å². The third kappa shape index (κ3) is 5.38. The number of hydrogen-bond acceptors (Lipinski definition) is 4. The van der Waals surface area contributed by atoms with Gasteiger partial charge in [-0.25, -0.2) is 0 Å². The molecule has 0 aromatic carbocycles. The van der Waals surface area contributed by atoms with Crippen LogP contribution in [0.5, 0.6) is 0 Å². The van der Waals surface area contributed by atoms with Crippen LogP contribution >= 0.6 is 11.3 Å². The van der Waals surface area contributed by atoms with Gasteiger partial charge in [-0.3, -0.25) is 9.88 Å². The Morgan fingerprint density at radius 2 is 2.04 bits per heavy atom. The molecule has 0 amide bonds. The van der Waals surface area contributed by atoms with Crippen LogP contribution in [-0.4, -0.2) is 36.2 Å². The summed E-state index contributed by atoms with van der Waals surface area (Å²) in [6.45, 7) is 11.4. The molecule has 1 fully saturated rings.